The van der Waals surface area contributed by atoms with Gasteiger partial charge in [0.25, 0.3) is 0 Å². The van der Waals surface area contributed by atoms with Gasteiger partial charge in [0.05, 0.1) is 11.2 Å². The predicted octanol–water partition coefficient (Wildman–Crippen LogP) is 3.17. The van der Waals surface area contributed by atoms with Crippen LogP contribution in [0.2, 0.25) is 0 Å². The van der Waals surface area contributed by atoms with E-state index in [2.05, 4.69) is 4.98 Å². The molecule has 3 rings (SSSR count). The summed E-state index contributed by atoms with van der Waals surface area (Å²) in [6, 6.07) is 9.05. The first-order valence-electron chi connectivity index (χ1n) is 6.31. The lowest BCUT2D eigenvalue weighted by Crippen LogP contribution is -2.02. The maximum atomic E-state index is 13.4. The molecule has 0 bridgehead atoms. The lowest BCUT2D eigenvalue weighted by molar-refractivity contribution is 0.135. The van der Waals surface area contributed by atoms with E-state index in [1.165, 1.54) is 6.07 Å². The second-order valence-corrected chi connectivity index (χ2v) is 4.63. The summed E-state index contributed by atoms with van der Waals surface area (Å²) < 4.78 is 33.5. The van der Waals surface area contributed by atoms with Crippen LogP contribution in [-0.2, 0) is 11.5 Å². The Hall–Kier alpha value is -2.47. The van der Waals surface area contributed by atoms with Gasteiger partial charge in [-0.15, -0.1) is 0 Å². The summed E-state index contributed by atoms with van der Waals surface area (Å²) >= 11 is 0. The highest BCUT2D eigenvalue weighted by molar-refractivity contribution is 5.90. The van der Waals surface area contributed by atoms with Crippen LogP contribution in [0.15, 0.2) is 36.4 Å². The Balaban J connectivity index is 2.27. The second-order valence-electron chi connectivity index (χ2n) is 4.63. The SMILES string of the molecule is COCn1c(-c2ccc(F)c(F)c2)nc2c(N)cccc21. The molecule has 0 aliphatic carbocycles. The van der Waals surface area contributed by atoms with Gasteiger partial charge in [0.1, 0.15) is 18.1 Å². The van der Waals surface area contributed by atoms with E-state index in [0.717, 1.165) is 17.6 Å². The van der Waals surface area contributed by atoms with Crippen LogP contribution in [0.1, 0.15) is 0 Å². The summed E-state index contributed by atoms with van der Waals surface area (Å²) in [7, 11) is 1.55. The molecule has 0 aliphatic rings. The number of hydrogen-bond acceptors (Lipinski definition) is 3. The number of halogens is 2. The lowest BCUT2D eigenvalue weighted by Gasteiger charge is -2.08. The zero-order valence-corrected chi connectivity index (χ0v) is 11.3. The third-order valence-corrected chi connectivity index (χ3v) is 3.25. The molecule has 108 valence electrons. The molecule has 0 aliphatic heterocycles. The predicted molar refractivity (Wildman–Crippen MR) is 76.5 cm³/mol. The van der Waals surface area contributed by atoms with E-state index in [9.17, 15) is 8.78 Å². The van der Waals surface area contributed by atoms with Gasteiger partial charge in [0.2, 0.25) is 0 Å². The highest BCUT2D eigenvalue weighted by Crippen LogP contribution is 2.28. The van der Waals surface area contributed by atoms with Crippen molar-refractivity contribution in [2.24, 2.45) is 0 Å². The van der Waals surface area contributed by atoms with Gasteiger partial charge in [0.15, 0.2) is 11.6 Å². The number of rotatable bonds is 3. The average molecular weight is 289 g/mol. The highest BCUT2D eigenvalue weighted by Gasteiger charge is 2.15. The van der Waals surface area contributed by atoms with E-state index in [1.807, 2.05) is 6.07 Å². The van der Waals surface area contributed by atoms with Crippen LogP contribution < -0.4 is 5.73 Å². The Kier molecular flexibility index (Phi) is 3.31. The number of aromatic nitrogens is 2. The first kappa shape index (κ1) is 13.5. The van der Waals surface area contributed by atoms with Gasteiger partial charge < -0.3 is 10.5 Å². The van der Waals surface area contributed by atoms with Gasteiger partial charge in [0, 0.05) is 12.7 Å². The van der Waals surface area contributed by atoms with E-state index in [0.29, 0.717) is 22.6 Å². The molecule has 0 unspecified atom stereocenters. The van der Waals surface area contributed by atoms with Crippen molar-refractivity contribution in [2.75, 3.05) is 12.8 Å². The number of hydrogen-bond donors (Lipinski definition) is 1. The smallest absolute Gasteiger partial charge is 0.159 e. The standard InChI is InChI=1S/C15H13F2N3O/c1-21-8-20-13-4-2-3-12(18)14(13)19-15(20)9-5-6-10(16)11(17)7-9/h2-7H,8,18H2,1H3. The van der Waals surface area contributed by atoms with E-state index >= 15 is 0 Å². The van der Waals surface area contributed by atoms with Crippen molar-refractivity contribution in [3.8, 4) is 11.4 Å². The van der Waals surface area contributed by atoms with E-state index in [-0.39, 0.29) is 6.73 Å². The van der Waals surface area contributed by atoms with Gasteiger partial charge >= 0.3 is 0 Å². The summed E-state index contributed by atoms with van der Waals surface area (Å²) in [5, 5.41) is 0. The molecular formula is C15H13F2N3O. The van der Waals surface area contributed by atoms with Gasteiger partial charge in [-0.25, -0.2) is 13.8 Å². The number of methoxy groups -OCH3 is 1. The Morgan fingerprint density at radius 2 is 2.00 bits per heavy atom. The van der Waals surface area contributed by atoms with Crippen molar-refractivity contribution in [1.82, 2.24) is 9.55 Å². The molecule has 4 nitrogen and oxygen atoms in total. The number of benzene rings is 2. The lowest BCUT2D eigenvalue weighted by atomic mass is 10.2. The van der Waals surface area contributed by atoms with Gasteiger partial charge in [-0.2, -0.15) is 0 Å². The molecule has 3 aromatic rings. The minimum absolute atomic E-state index is 0.230. The van der Waals surface area contributed by atoms with Crippen molar-refractivity contribution < 1.29 is 13.5 Å². The fourth-order valence-electron chi connectivity index (χ4n) is 2.28. The first-order valence-corrected chi connectivity index (χ1v) is 6.31. The van der Waals surface area contributed by atoms with Crippen LogP contribution in [0.5, 0.6) is 0 Å². The van der Waals surface area contributed by atoms with Crippen molar-refractivity contribution in [1.29, 1.82) is 0 Å². The minimum Gasteiger partial charge on any atom is -0.397 e. The molecule has 2 N–H and O–H groups in total. The Morgan fingerprint density at radius 3 is 2.71 bits per heavy atom. The zero-order valence-electron chi connectivity index (χ0n) is 11.3. The molecule has 1 aromatic heterocycles. The Morgan fingerprint density at radius 1 is 1.19 bits per heavy atom. The molecule has 0 saturated heterocycles. The number of imidazole rings is 1. The van der Waals surface area contributed by atoms with Crippen molar-refractivity contribution >= 4 is 16.7 Å². The van der Waals surface area contributed by atoms with E-state index in [1.54, 1.807) is 23.8 Å². The maximum absolute atomic E-state index is 13.4. The second kappa shape index (κ2) is 5.14. The quantitative estimate of drug-likeness (QED) is 0.753. The van der Waals surface area contributed by atoms with Crippen LogP contribution in [-0.4, -0.2) is 16.7 Å². The van der Waals surface area contributed by atoms with Crippen molar-refractivity contribution in [2.45, 2.75) is 6.73 Å². The monoisotopic (exact) mass is 289 g/mol. The largest absolute Gasteiger partial charge is 0.397 e. The number of anilines is 1. The number of ether oxygens (including phenoxy) is 1. The Bertz CT molecular complexity index is 814. The molecule has 21 heavy (non-hydrogen) atoms. The Labute approximate surface area is 119 Å². The fourth-order valence-corrected chi connectivity index (χ4v) is 2.28. The molecule has 1 heterocycles. The number of para-hydroxylation sites is 1. The highest BCUT2D eigenvalue weighted by atomic mass is 19.2. The number of nitrogens with zero attached hydrogens (tertiary/aromatic N) is 2. The third-order valence-electron chi connectivity index (χ3n) is 3.25. The van der Waals surface area contributed by atoms with Crippen LogP contribution >= 0.6 is 0 Å². The molecule has 0 fully saturated rings. The maximum Gasteiger partial charge on any atom is 0.159 e. The number of fused-ring (bicyclic) bond motifs is 1. The van der Waals surface area contributed by atoms with Crippen LogP contribution in [0.4, 0.5) is 14.5 Å². The minimum atomic E-state index is -0.920. The molecule has 0 atom stereocenters. The number of nitrogen functional groups attached to an aromatic ring is 1. The van der Waals surface area contributed by atoms with Gasteiger partial charge in [-0.3, -0.25) is 4.57 Å². The topological polar surface area (TPSA) is 53.1 Å². The summed E-state index contributed by atoms with van der Waals surface area (Å²) in [6.07, 6.45) is 0. The third kappa shape index (κ3) is 2.23. The summed E-state index contributed by atoms with van der Waals surface area (Å²) in [4.78, 5) is 4.44. The molecule has 2 aromatic carbocycles. The molecule has 0 amide bonds. The fraction of sp³-hybridized carbons (Fsp3) is 0.133. The molecule has 0 spiro atoms. The summed E-state index contributed by atoms with van der Waals surface area (Å²) in [5.41, 5.74) is 8.28. The molecule has 0 radical (unpaired) electrons. The van der Waals surface area contributed by atoms with Crippen molar-refractivity contribution in [3.63, 3.8) is 0 Å². The average Bonchev–Trinajstić information content (AvgIpc) is 2.83. The first-order chi connectivity index (χ1) is 10.1. The van der Waals surface area contributed by atoms with Crippen LogP contribution in [0.3, 0.4) is 0 Å². The number of nitrogens with two attached hydrogens (primary N) is 1. The van der Waals surface area contributed by atoms with E-state index in [4.69, 9.17) is 10.5 Å². The van der Waals surface area contributed by atoms with Crippen LogP contribution in [0.25, 0.3) is 22.4 Å². The zero-order chi connectivity index (χ0) is 15.0. The van der Waals surface area contributed by atoms with Gasteiger partial charge in [-0.1, -0.05) is 6.07 Å². The van der Waals surface area contributed by atoms with Crippen molar-refractivity contribution in [3.05, 3.63) is 48.0 Å². The van der Waals surface area contributed by atoms with E-state index < -0.39 is 11.6 Å². The summed E-state index contributed by atoms with van der Waals surface area (Å²) in [6.45, 7) is 0.230. The normalized spacial score (nSPS) is 11.2. The molecule has 0 saturated carbocycles. The summed E-state index contributed by atoms with van der Waals surface area (Å²) in [5.74, 6) is -1.34. The van der Waals surface area contributed by atoms with Gasteiger partial charge in [-0.05, 0) is 30.3 Å². The van der Waals surface area contributed by atoms with Crippen LogP contribution in [0, 0.1) is 11.6 Å². The molecular weight excluding hydrogens is 276 g/mol. The molecule has 6 heteroatoms.